The van der Waals surface area contributed by atoms with E-state index in [-0.39, 0.29) is 0 Å². The molecule has 0 aromatic carbocycles. The minimum Gasteiger partial charge on any atom is -0.222 e. The average molecular weight is 222 g/mol. The van der Waals surface area contributed by atoms with E-state index >= 15 is 0 Å². The van der Waals surface area contributed by atoms with Gasteiger partial charge in [-0.15, -0.1) is 0 Å². The summed E-state index contributed by atoms with van der Waals surface area (Å²) >= 11 is 3.28. The number of rotatable bonds is 0. The van der Waals surface area contributed by atoms with Crippen molar-refractivity contribution in [3.63, 3.8) is 0 Å². The monoisotopic (exact) mass is 221 g/mol. The summed E-state index contributed by atoms with van der Waals surface area (Å²) in [6.45, 7) is 0. The molecule has 0 saturated heterocycles. The molecule has 3 nitrogen and oxygen atoms in total. The van der Waals surface area contributed by atoms with Gasteiger partial charge >= 0.3 is 0 Å². The quantitative estimate of drug-likeness (QED) is 0.683. The summed E-state index contributed by atoms with van der Waals surface area (Å²) in [7, 11) is 0. The maximum Gasteiger partial charge on any atom is 0.156 e. The zero-order valence-electron chi connectivity index (χ0n) is 6.03. The number of pyridine rings is 1. The second-order valence-electron chi connectivity index (χ2n) is 2.31. The number of hydrogen-bond donors (Lipinski definition) is 0. The van der Waals surface area contributed by atoms with Gasteiger partial charge in [0.2, 0.25) is 0 Å². The van der Waals surface area contributed by atoms with Crippen LogP contribution in [0.3, 0.4) is 0 Å². The molecule has 0 amide bonds. The predicted octanol–water partition coefficient (Wildman–Crippen LogP) is 1.97. The lowest BCUT2D eigenvalue weighted by Crippen LogP contribution is -1.94. The molecule has 0 aliphatic rings. The number of nitrogens with zero attached hydrogens (tertiary/aromatic N) is 3. The van der Waals surface area contributed by atoms with Crippen molar-refractivity contribution in [2.75, 3.05) is 0 Å². The molecule has 0 N–H and O–H groups in total. The average Bonchev–Trinajstić information content (AvgIpc) is 2.52. The fourth-order valence-electron chi connectivity index (χ4n) is 1.07. The van der Waals surface area contributed by atoms with Crippen LogP contribution in [0.25, 0.3) is 5.52 Å². The highest BCUT2D eigenvalue weighted by atomic mass is 79.9. The second kappa shape index (κ2) is 2.61. The molecule has 0 bridgehead atoms. The topological polar surface area (TPSA) is 41.1 Å². The summed E-state index contributed by atoms with van der Waals surface area (Å²) in [6.07, 6.45) is 1.67. The molecule has 12 heavy (non-hydrogen) atoms. The van der Waals surface area contributed by atoms with Crippen molar-refractivity contribution in [1.29, 1.82) is 5.26 Å². The molecule has 0 aliphatic heterocycles. The van der Waals surface area contributed by atoms with Crippen LogP contribution in [-0.4, -0.2) is 9.61 Å². The molecule has 0 fully saturated rings. The molecule has 2 aromatic heterocycles. The van der Waals surface area contributed by atoms with Crippen molar-refractivity contribution < 1.29 is 0 Å². The molecule has 0 aliphatic carbocycles. The van der Waals surface area contributed by atoms with Gasteiger partial charge in [0.15, 0.2) is 5.69 Å². The van der Waals surface area contributed by atoms with E-state index in [1.54, 1.807) is 10.7 Å². The molecule has 58 valence electrons. The van der Waals surface area contributed by atoms with Crippen molar-refractivity contribution in [3.05, 3.63) is 34.6 Å². The lowest BCUT2D eigenvalue weighted by atomic mass is 10.3. The first-order chi connectivity index (χ1) is 5.83. The van der Waals surface area contributed by atoms with E-state index in [2.05, 4.69) is 27.1 Å². The zero-order valence-corrected chi connectivity index (χ0v) is 7.62. The number of halogens is 1. The molecule has 0 spiro atoms. The van der Waals surface area contributed by atoms with Crippen molar-refractivity contribution in [3.8, 4) is 6.07 Å². The number of nitriles is 1. The Balaban J connectivity index is 2.94. The summed E-state index contributed by atoms with van der Waals surface area (Å²) in [5.41, 5.74) is 1.45. The van der Waals surface area contributed by atoms with Crippen LogP contribution in [-0.2, 0) is 0 Å². The van der Waals surface area contributed by atoms with Crippen LogP contribution in [0.4, 0.5) is 0 Å². The van der Waals surface area contributed by atoms with E-state index in [0.29, 0.717) is 5.69 Å². The van der Waals surface area contributed by atoms with Gasteiger partial charge in [-0.2, -0.15) is 10.4 Å². The molecule has 0 atom stereocenters. The first kappa shape index (κ1) is 7.32. The second-order valence-corrected chi connectivity index (χ2v) is 3.16. The Morgan fingerprint density at radius 3 is 3.00 bits per heavy atom. The summed E-state index contributed by atoms with van der Waals surface area (Å²) in [5, 5.41) is 12.8. The molecular formula is C8H4BrN3. The largest absolute Gasteiger partial charge is 0.222 e. The minimum absolute atomic E-state index is 0.525. The van der Waals surface area contributed by atoms with Gasteiger partial charge in [-0.1, -0.05) is 0 Å². The number of hydrogen-bond acceptors (Lipinski definition) is 2. The van der Waals surface area contributed by atoms with E-state index < -0.39 is 0 Å². The maximum absolute atomic E-state index is 8.79. The molecular weight excluding hydrogens is 218 g/mol. The Morgan fingerprint density at radius 1 is 1.42 bits per heavy atom. The zero-order chi connectivity index (χ0) is 8.55. The van der Waals surface area contributed by atoms with Gasteiger partial charge in [-0.05, 0) is 34.1 Å². The normalized spacial score (nSPS) is 10.0. The fraction of sp³-hybridized carbons (Fsp3) is 0. The molecule has 2 rings (SSSR count). The molecule has 2 aromatic rings. The maximum atomic E-state index is 8.79. The van der Waals surface area contributed by atoms with Crippen molar-refractivity contribution in [2.45, 2.75) is 0 Å². The van der Waals surface area contributed by atoms with Crippen molar-refractivity contribution >= 4 is 21.4 Å². The van der Waals surface area contributed by atoms with Gasteiger partial charge in [0, 0.05) is 0 Å². The molecule has 2 heterocycles. The van der Waals surface area contributed by atoms with Crippen LogP contribution in [0.2, 0.25) is 0 Å². The van der Waals surface area contributed by atoms with Gasteiger partial charge in [0.1, 0.15) is 6.07 Å². The standard InChI is InChI=1S/C8H4BrN3/c9-7-2-1-6-3-4-11-12(6)8(7)5-10/h1-4H. The summed E-state index contributed by atoms with van der Waals surface area (Å²) in [5.74, 6) is 0. The first-order valence-electron chi connectivity index (χ1n) is 3.35. The lowest BCUT2D eigenvalue weighted by molar-refractivity contribution is 0.935. The Bertz CT molecular complexity index is 467. The van der Waals surface area contributed by atoms with Gasteiger partial charge in [-0.3, -0.25) is 0 Å². The molecule has 0 saturated carbocycles. The Hall–Kier alpha value is -1.34. The summed E-state index contributed by atoms with van der Waals surface area (Å²) in [6, 6.07) is 7.68. The molecule has 0 radical (unpaired) electrons. The van der Waals surface area contributed by atoms with E-state index in [4.69, 9.17) is 5.26 Å². The van der Waals surface area contributed by atoms with Crippen LogP contribution in [0.5, 0.6) is 0 Å². The highest BCUT2D eigenvalue weighted by Gasteiger charge is 2.03. The van der Waals surface area contributed by atoms with E-state index in [1.165, 1.54) is 0 Å². The van der Waals surface area contributed by atoms with Crippen LogP contribution in [0.15, 0.2) is 28.9 Å². The lowest BCUT2D eigenvalue weighted by Gasteiger charge is -1.97. The fourth-order valence-corrected chi connectivity index (χ4v) is 1.45. The summed E-state index contributed by atoms with van der Waals surface area (Å²) in [4.78, 5) is 0. The van der Waals surface area contributed by atoms with Gasteiger partial charge in [0.25, 0.3) is 0 Å². The van der Waals surface area contributed by atoms with Gasteiger partial charge in [0.05, 0.1) is 16.2 Å². The van der Waals surface area contributed by atoms with E-state index in [9.17, 15) is 0 Å². The third kappa shape index (κ3) is 0.908. The van der Waals surface area contributed by atoms with Crippen LogP contribution in [0.1, 0.15) is 5.69 Å². The van der Waals surface area contributed by atoms with Crippen LogP contribution in [0, 0.1) is 11.3 Å². The molecule has 4 heteroatoms. The van der Waals surface area contributed by atoms with Gasteiger partial charge in [-0.25, -0.2) is 4.52 Å². The number of fused-ring (bicyclic) bond motifs is 1. The highest BCUT2D eigenvalue weighted by molar-refractivity contribution is 9.10. The Morgan fingerprint density at radius 2 is 2.25 bits per heavy atom. The first-order valence-corrected chi connectivity index (χ1v) is 4.14. The van der Waals surface area contributed by atoms with Crippen molar-refractivity contribution in [2.24, 2.45) is 0 Å². The third-order valence-corrected chi connectivity index (χ3v) is 2.26. The Labute approximate surface area is 77.4 Å². The van der Waals surface area contributed by atoms with Crippen LogP contribution < -0.4 is 0 Å². The molecule has 0 unspecified atom stereocenters. The summed E-state index contributed by atoms with van der Waals surface area (Å²) < 4.78 is 2.37. The SMILES string of the molecule is N#Cc1c(Br)ccc2ccnn12. The van der Waals surface area contributed by atoms with Gasteiger partial charge < -0.3 is 0 Å². The number of aromatic nitrogens is 2. The van der Waals surface area contributed by atoms with Crippen molar-refractivity contribution in [1.82, 2.24) is 9.61 Å². The van der Waals surface area contributed by atoms with E-state index in [0.717, 1.165) is 9.99 Å². The smallest absolute Gasteiger partial charge is 0.156 e. The minimum atomic E-state index is 0.525. The third-order valence-electron chi connectivity index (χ3n) is 1.62. The predicted molar refractivity (Wildman–Crippen MR) is 47.6 cm³/mol. The van der Waals surface area contributed by atoms with E-state index in [1.807, 2.05) is 18.2 Å². The Kier molecular flexibility index (Phi) is 1.59. The van der Waals surface area contributed by atoms with Crippen LogP contribution >= 0.6 is 15.9 Å². The highest BCUT2D eigenvalue weighted by Crippen LogP contribution is 2.16.